The first-order valence-corrected chi connectivity index (χ1v) is 20.8. The van der Waals surface area contributed by atoms with Gasteiger partial charge in [0.15, 0.2) is 0 Å². The molecule has 62 heavy (non-hydrogen) atoms. The van der Waals surface area contributed by atoms with E-state index < -0.39 is 0 Å². The minimum absolute atomic E-state index is 0.849. The second kappa shape index (κ2) is 14.7. The van der Waals surface area contributed by atoms with Crippen LogP contribution in [0.1, 0.15) is 0 Å². The van der Waals surface area contributed by atoms with Gasteiger partial charge in [-0.25, -0.2) is 0 Å². The standard InChI is InChI=1S/C57H36N4O/c1-4-16-44(51-19-7-10-30-58-51)41(13-1)37-22-26-54-47(33-37)48-34-38(42-14-2-5-17-45(42)52-20-8-11-31-59-52)23-27-55(48)61(54)40-25-29-57-50(36-40)49-35-39(24-28-56(49)62-57)43-15-3-6-18-46(43)53-21-9-12-32-60-53/h1-36H. The van der Waals surface area contributed by atoms with Gasteiger partial charge >= 0.3 is 0 Å². The van der Waals surface area contributed by atoms with Crippen molar-refractivity contribution in [3.05, 3.63) is 219 Å². The summed E-state index contributed by atoms with van der Waals surface area (Å²) in [5.41, 5.74) is 17.9. The third-order valence-electron chi connectivity index (χ3n) is 12.0. The van der Waals surface area contributed by atoms with Gasteiger partial charge in [-0.15, -0.1) is 0 Å². The summed E-state index contributed by atoms with van der Waals surface area (Å²) in [6.07, 6.45) is 5.56. The summed E-state index contributed by atoms with van der Waals surface area (Å²) in [6, 6.07) is 70.6. The Morgan fingerprint density at radius 1 is 0.306 bits per heavy atom. The minimum Gasteiger partial charge on any atom is -0.456 e. The maximum atomic E-state index is 6.50. The van der Waals surface area contributed by atoms with E-state index >= 15 is 0 Å². The molecule has 5 nitrogen and oxygen atoms in total. The summed E-state index contributed by atoms with van der Waals surface area (Å²) in [6.45, 7) is 0. The van der Waals surface area contributed by atoms with Crippen molar-refractivity contribution < 1.29 is 4.42 Å². The molecule has 5 heterocycles. The zero-order valence-corrected chi connectivity index (χ0v) is 33.5. The second-order valence-corrected chi connectivity index (χ2v) is 15.6. The molecule has 5 aromatic heterocycles. The molecule has 0 saturated carbocycles. The molecule has 0 bridgehead atoms. The van der Waals surface area contributed by atoms with Crippen molar-refractivity contribution in [3.63, 3.8) is 0 Å². The van der Waals surface area contributed by atoms with Crippen LogP contribution in [0.4, 0.5) is 0 Å². The maximum Gasteiger partial charge on any atom is 0.135 e. The van der Waals surface area contributed by atoms with Gasteiger partial charge in [0.05, 0.1) is 28.1 Å². The van der Waals surface area contributed by atoms with E-state index in [-0.39, 0.29) is 0 Å². The van der Waals surface area contributed by atoms with Crippen molar-refractivity contribution in [2.45, 2.75) is 0 Å². The second-order valence-electron chi connectivity index (χ2n) is 15.6. The molecule has 12 rings (SSSR count). The minimum atomic E-state index is 0.849. The van der Waals surface area contributed by atoms with Crippen LogP contribution in [-0.2, 0) is 0 Å². The van der Waals surface area contributed by atoms with Crippen molar-refractivity contribution in [2.75, 3.05) is 0 Å². The molecule has 0 aliphatic carbocycles. The lowest BCUT2D eigenvalue weighted by Gasteiger charge is -2.11. The summed E-state index contributed by atoms with van der Waals surface area (Å²) in [7, 11) is 0. The van der Waals surface area contributed by atoms with Crippen LogP contribution in [0.5, 0.6) is 0 Å². The topological polar surface area (TPSA) is 56.7 Å². The molecule has 0 aliphatic heterocycles. The fourth-order valence-corrected chi connectivity index (χ4v) is 9.15. The Morgan fingerprint density at radius 3 is 1.11 bits per heavy atom. The van der Waals surface area contributed by atoms with Crippen LogP contribution in [0.15, 0.2) is 223 Å². The predicted molar refractivity (Wildman–Crippen MR) is 254 cm³/mol. The third kappa shape index (κ3) is 5.98. The Morgan fingerprint density at radius 2 is 0.677 bits per heavy atom. The number of rotatable bonds is 7. The van der Waals surface area contributed by atoms with Crippen LogP contribution in [0.3, 0.4) is 0 Å². The van der Waals surface area contributed by atoms with E-state index in [9.17, 15) is 0 Å². The number of aromatic nitrogens is 4. The van der Waals surface area contributed by atoms with E-state index in [0.717, 1.165) is 117 Å². The highest BCUT2D eigenvalue weighted by Crippen LogP contribution is 2.42. The van der Waals surface area contributed by atoms with Crippen molar-refractivity contribution in [1.29, 1.82) is 0 Å². The Bertz CT molecular complexity index is 3490. The molecule has 0 N–H and O–H groups in total. The zero-order valence-electron chi connectivity index (χ0n) is 33.5. The quantitative estimate of drug-likeness (QED) is 0.161. The van der Waals surface area contributed by atoms with Crippen LogP contribution in [0, 0.1) is 0 Å². The number of hydrogen-bond acceptors (Lipinski definition) is 4. The molecule has 0 saturated heterocycles. The number of pyridine rings is 3. The van der Waals surface area contributed by atoms with Gasteiger partial charge in [0, 0.05) is 62.5 Å². The number of hydrogen-bond donors (Lipinski definition) is 0. The molecular formula is C57H36N4O. The summed E-state index contributed by atoms with van der Waals surface area (Å²) >= 11 is 0. The van der Waals surface area contributed by atoms with E-state index in [1.54, 1.807) is 0 Å². The molecule has 0 aliphatic rings. The lowest BCUT2D eigenvalue weighted by Crippen LogP contribution is -1.94. The number of furan rings is 1. The molecule has 0 fully saturated rings. The van der Waals surface area contributed by atoms with E-state index in [1.807, 2.05) is 55.0 Å². The Labute approximate surface area is 357 Å². The van der Waals surface area contributed by atoms with Crippen LogP contribution in [0.25, 0.3) is 117 Å². The third-order valence-corrected chi connectivity index (χ3v) is 12.0. The van der Waals surface area contributed by atoms with Crippen molar-refractivity contribution in [2.24, 2.45) is 0 Å². The Balaban J connectivity index is 1.06. The largest absolute Gasteiger partial charge is 0.456 e. The van der Waals surface area contributed by atoms with Gasteiger partial charge in [-0.05, 0) is 124 Å². The van der Waals surface area contributed by atoms with Crippen LogP contribution in [-0.4, -0.2) is 19.5 Å². The first-order valence-electron chi connectivity index (χ1n) is 20.8. The molecule has 0 amide bonds. The molecule has 12 aromatic rings. The van der Waals surface area contributed by atoms with Crippen molar-refractivity contribution in [3.8, 4) is 72.8 Å². The van der Waals surface area contributed by atoms with Gasteiger partial charge in [-0.3, -0.25) is 15.0 Å². The monoisotopic (exact) mass is 792 g/mol. The lowest BCUT2D eigenvalue weighted by molar-refractivity contribution is 0.669. The lowest BCUT2D eigenvalue weighted by atomic mass is 9.94. The average molecular weight is 793 g/mol. The fourth-order valence-electron chi connectivity index (χ4n) is 9.15. The summed E-state index contributed by atoms with van der Waals surface area (Å²) in [5.74, 6) is 0. The molecular weight excluding hydrogens is 757 g/mol. The van der Waals surface area contributed by atoms with Crippen molar-refractivity contribution >= 4 is 43.7 Å². The zero-order chi connectivity index (χ0) is 41.0. The number of fused-ring (bicyclic) bond motifs is 6. The fraction of sp³-hybridized carbons (Fsp3) is 0. The van der Waals surface area contributed by atoms with Gasteiger partial charge in [-0.1, -0.05) is 109 Å². The van der Waals surface area contributed by atoms with E-state index in [2.05, 4.69) is 173 Å². The summed E-state index contributed by atoms with van der Waals surface area (Å²) in [5, 5.41) is 4.45. The molecule has 5 heteroatoms. The number of nitrogens with zero attached hydrogens (tertiary/aromatic N) is 4. The first kappa shape index (κ1) is 35.5. The normalized spacial score (nSPS) is 11.5. The van der Waals surface area contributed by atoms with Gasteiger partial charge in [-0.2, -0.15) is 0 Å². The highest BCUT2D eigenvalue weighted by Gasteiger charge is 2.19. The highest BCUT2D eigenvalue weighted by atomic mass is 16.3. The Kier molecular flexibility index (Phi) is 8.42. The molecule has 290 valence electrons. The molecule has 0 radical (unpaired) electrons. The molecule has 7 aromatic carbocycles. The highest BCUT2D eigenvalue weighted by molar-refractivity contribution is 6.13. The Hall–Kier alpha value is -8.41. The first-order chi connectivity index (χ1) is 30.7. The molecule has 0 spiro atoms. The van der Waals surface area contributed by atoms with Gasteiger partial charge in [0.25, 0.3) is 0 Å². The van der Waals surface area contributed by atoms with Crippen LogP contribution < -0.4 is 0 Å². The smallest absolute Gasteiger partial charge is 0.135 e. The number of benzene rings is 7. The predicted octanol–water partition coefficient (Wildman–Crippen LogP) is 14.9. The van der Waals surface area contributed by atoms with E-state index in [0.29, 0.717) is 0 Å². The van der Waals surface area contributed by atoms with E-state index in [4.69, 9.17) is 14.4 Å². The van der Waals surface area contributed by atoms with Crippen LogP contribution in [0.2, 0.25) is 0 Å². The molecule has 0 unspecified atom stereocenters. The summed E-state index contributed by atoms with van der Waals surface area (Å²) in [4.78, 5) is 14.1. The average Bonchev–Trinajstić information content (AvgIpc) is 3.89. The van der Waals surface area contributed by atoms with Gasteiger partial charge in [0.2, 0.25) is 0 Å². The maximum absolute atomic E-state index is 6.50. The van der Waals surface area contributed by atoms with Crippen molar-refractivity contribution in [1.82, 2.24) is 19.5 Å². The van der Waals surface area contributed by atoms with Gasteiger partial charge in [0.1, 0.15) is 11.2 Å². The SMILES string of the molecule is c1ccc(-c2ccccc2-c2ccc3oc4ccc(-n5c6ccc(-c7ccccc7-c7ccccn7)cc6c6cc(-c7ccccc7-c7ccccn7)ccc65)cc4c3c2)nc1. The van der Waals surface area contributed by atoms with E-state index in [1.165, 1.54) is 0 Å². The van der Waals surface area contributed by atoms with Crippen LogP contribution >= 0.6 is 0 Å². The summed E-state index contributed by atoms with van der Waals surface area (Å²) < 4.78 is 8.89. The molecule has 0 atom stereocenters. The van der Waals surface area contributed by atoms with Gasteiger partial charge < -0.3 is 8.98 Å².